The first-order valence-corrected chi connectivity index (χ1v) is 8.73. The van der Waals surface area contributed by atoms with Crippen molar-refractivity contribution in [3.8, 4) is 5.75 Å². The average molecular weight is 331 g/mol. The molecule has 1 aromatic carbocycles. The lowest BCUT2D eigenvalue weighted by molar-refractivity contribution is -0.141. The molecule has 1 saturated carbocycles. The number of hydrogen-bond donors (Lipinski definition) is 1. The summed E-state index contributed by atoms with van der Waals surface area (Å²) in [6, 6.07) is 7.52. The van der Waals surface area contributed by atoms with Crippen LogP contribution in [0.4, 0.5) is 0 Å². The van der Waals surface area contributed by atoms with E-state index in [9.17, 15) is 14.7 Å². The van der Waals surface area contributed by atoms with E-state index in [1.54, 1.807) is 12.0 Å². The van der Waals surface area contributed by atoms with E-state index in [1.165, 1.54) is 12.8 Å². The van der Waals surface area contributed by atoms with E-state index in [2.05, 4.69) is 0 Å². The number of carboxylic acids is 1. The molecule has 5 heteroatoms. The van der Waals surface area contributed by atoms with Gasteiger partial charge in [0.2, 0.25) is 5.91 Å². The van der Waals surface area contributed by atoms with E-state index in [4.69, 9.17) is 4.74 Å². The minimum atomic E-state index is -0.834. The van der Waals surface area contributed by atoms with Crippen molar-refractivity contribution in [3.05, 3.63) is 29.8 Å². The van der Waals surface area contributed by atoms with Gasteiger partial charge in [0.1, 0.15) is 5.75 Å². The molecule has 2 fully saturated rings. The lowest BCUT2D eigenvalue weighted by atomic mass is 9.89. The third-order valence-electron chi connectivity index (χ3n) is 5.45. The van der Waals surface area contributed by atoms with Gasteiger partial charge in [0.05, 0.1) is 13.0 Å². The summed E-state index contributed by atoms with van der Waals surface area (Å²) in [4.78, 5) is 26.0. The zero-order valence-corrected chi connectivity index (χ0v) is 14.1. The number of rotatable bonds is 5. The van der Waals surface area contributed by atoms with E-state index in [-0.39, 0.29) is 11.8 Å². The largest absolute Gasteiger partial charge is 0.497 e. The predicted molar refractivity (Wildman–Crippen MR) is 90.0 cm³/mol. The van der Waals surface area contributed by atoms with Crippen molar-refractivity contribution in [1.82, 2.24) is 4.90 Å². The number of carboxylic acid groups (broad SMARTS) is 1. The Bertz CT molecular complexity index is 609. The Morgan fingerprint density at radius 3 is 2.67 bits per heavy atom. The summed E-state index contributed by atoms with van der Waals surface area (Å²) in [5.74, 6) is -0.253. The summed E-state index contributed by atoms with van der Waals surface area (Å²) in [6.45, 7) is 0.790. The van der Waals surface area contributed by atoms with E-state index in [0.29, 0.717) is 31.2 Å². The minimum Gasteiger partial charge on any atom is -0.497 e. The van der Waals surface area contributed by atoms with Crippen molar-refractivity contribution in [2.75, 3.05) is 20.2 Å². The fraction of sp³-hybridized carbons (Fsp3) is 0.579. The van der Waals surface area contributed by atoms with Gasteiger partial charge >= 0.3 is 5.97 Å². The lowest BCUT2D eigenvalue weighted by Crippen LogP contribution is -2.31. The molecule has 130 valence electrons. The first kappa shape index (κ1) is 16.8. The molecule has 1 aliphatic heterocycles. The number of carbonyl (C=O) groups is 2. The summed E-state index contributed by atoms with van der Waals surface area (Å²) in [7, 11) is 1.60. The minimum absolute atomic E-state index is 0.110. The van der Waals surface area contributed by atoms with E-state index in [0.717, 1.165) is 18.4 Å². The van der Waals surface area contributed by atoms with Gasteiger partial charge in [-0.25, -0.2) is 0 Å². The lowest BCUT2D eigenvalue weighted by Gasteiger charge is -2.19. The number of amides is 1. The SMILES string of the molecule is COc1cccc([C@@H]2CN(C(=O)CC3CCCC3)C[C@H]2C(=O)O)c1. The first-order valence-electron chi connectivity index (χ1n) is 8.73. The third-order valence-corrected chi connectivity index (χ3v) is 5.45. The quantitative estimate of drug-likeness (QED) is 0.901. The van der Waals surface area contributed by atoms with Gasteiger partial charge in [-0.1, -0.05) is 25.0 Å². The van der Waals surface area contributed by atoms with Crippen LogP contribution in [0.25, 0.3) is 0 Å². The second-order valence-corrected chi connectivity index (χ2v) is 6.98. The molecule has 24 heavy (non-hydrogen) atoms. The highest BCUT2D eigenvalue weighted by Gasteiger charge is 2.40. The molecule has 5 nitrogen and oxygen atoms in total. The number of nitrogens with zero attached hydrogens (tertiary/aromatic N) is 1. The molecule has 0 spiro atoms. The number of aliphatic carboxylic acids is 1. The van der Waals surface area contributed by atoms with Crippen LogP contribution in [0.5, 0.6) is 5.75 Å². The highest BCUT2D eigenvalue weighted by atomic mass is 16.5. The number of ether oxygens (including phenoxy) is 1. The molecule has 0 unspecified atom stereocenters. The molecule has 3 rings (SSSR count). The van der Waals surface area contributed by atoms with Crippen LogP contribution in [0.1, 0.15) is 43.6 Å². The van der Waals surface area contributed by atoms with Crippen molar-refractivity contribution in [1.29, 1.82) is 0 Å². The van der Waals surface area contributed by atoms with Gasteiger partial charge in [-0.3, -0.25) is 9.59 Å². The summed E-state index contributed by atoms with van der Waals surface area (Å²) >= 11 is 0. The summed E-state index contributed by atoms with van der Waals surface area (Å²) in [5.41, 5.74) is 0.929. The predicted octanol–water partition coefficient (Wildman–Crippen LogP) is 2.90. The summed E-state index contributed by atoms with van der Waals surface area (Å²) in [6.07, 6.45) is 5.24. The number of benzene rings is 1. The molecule has 1 aromatic rings. The van der Waals surface area contributed by atoms with Crippen LogP contribution < -0.4 is 4.74 Å². The average Bonchev–Trinajstić information content (AvgIpc) is 3.24. The Morgan fingerprint density at radius 2 is 2.00 bits per heavy atom. The van der Waals surface area contributed by atoms with E-state index < -0.39 is 11.9 Å². The van der Waals surface area contributed by atoms with Gasteiger partial charge in [0.15, 0.2) is 0 Å². The molecule has 1 aliphatic carbocycles. The number of carbonyl (C=O) groups excluding carboxylic acids is 1. The second kappa shape index (κ2) is 7.24. The van der Waals surface area contributed by atoms with Crippen molar-refractivity contribution in [2.24, 2.45) is 11.8 Å². The first-order chi connectivity index (χ1) is 11.6. The molecule has 0 aromatic heterocycles. The smallest absolute Gasteiger partial charge is 0.308 e. The molecule has 1 saturated heterocycles. The van der Waals surface area contributed by atoms with Gasteiger partial charge in [0.25, 0.3) is 0 Å². The summed E-state index contributed by atoms with van der Waals surface area (Å²) < 4.78 is 5.25. The van der Waals surface area contributed by atoms with Gasteiger partial charge < -0.3 is 14.7 Å². The Hall–Kier alpha value is -2.04. The topological polar surface area (TPSA) is 66.8 Å². The van der Waals surface area contributed by atoms with Crippen LogP contribution in [-0.2, 0) is 9.59 Å². The molecule has 2 atom stereocenters. The Labute approximate surface area is 142 Å². The zero-order chi connectivity index (χ0) is 17.1. The third kappa shape index (κ3) is 3.55. The molecular formula is C19H25NO4. The highest BCUT2D eigenvalue weighted by Crippen LogP contribution is 2.36. The van der Waals surface area contributed by atoms with Crippen LogP contribution in [0, 0.1) is 11.8 Å². The Kier molecular flexibility index (Phi) is 5.07. The van der Waals surface area contributed by atoms with Crippen molar-refractivity contribution in [2.45, 2.75) is 38.0 Å². The number of methoxy groups -OCH3 is 1. The second-order valence-electron chi connectivity index (χ2n) is 6.98. The Balaban J connectivity index is 1.73. The van der Waals surface area contributed by atoms with Crippen molar-refractivity contribution in [3.63, 3.8) is 0 Å². The van der Waals surface area contributed by atoms with Crippen LogP contribution >= 0.6 is 0 Å². The molecule has 1 N–H and O–H groups in total. The number of hydrogen-bond acceptors (Lipinski definition) is 3. The van der Waals surface area contributed by atoms with E-state index in [1.807, 2.05) is 24.3 Å². The van der Waals surface area contributed by atoms with Crippen LogP contribution in [-0.4, -0.2) is 42.1 Å². The maximum Gasteiger partial charge on any atom is 0.308 e. The van der Waals surface area contributed by atoms with Crippen LogP contribution in [0.3, 0.4) is 0 Å². The maximum absolute atomic E-state index is 12.6. The monoisotopic (exact) mass is 331 g/mol. The highest BCUT2D eigenvalue weighted by molar-refractivity contribution is 5.80. The normalized spacial score (nSPS) is 24.3. The van der Waals surface area contributed by atoms with Gasteiger partial charge in [-0.05, 0) is 36.5 Å². The van der Waals surface area contributed by atoms with Crippen molar-refractivity contribution >= 4 is 11.9 Å². The van der Waals surface area contributed by atoms with Crippen LogP contribution in [0.2, 0.25) is 0 Å². The summed E-state index contributed by atoms with van der Waals surface area (Å²) in [5, 5.41) is 9.59. The van der Waals surface area contributed by atoms with Crippen molar-refractivity contribution < 1.29 is 19.4 Å². The maximum atomic E-state index is 12.6. The molecule has 1 heterocycles. The van der Waals surface area contributed by atoms with Gasteiger partial charge in [-0.2, -0.15) is 0 Å². The molecule has 0 radical (unpaired) electrons. The molecule has 2 aliphatic rings. The molecule has 1 amide bonds. The zero-order valence-electron chi connectivity index (χ0n) is 14.1. The van der Waals surface area contributed by atoms with Crippen LogP contribution in [0.15, 0.2) is 24.3 Å². The van der Waals surface area contributed by atoms with Gasteiger partial charge in [0, 0.05) is 25.4 Å². The van der Waals surface area contributed by atoms with E-state index >= 15 is 0 Å². The van der Waals surface area contributed by atoms with Gasteiger partial charge in [-0.15, -0.1) is 0 Å². The fourth-order valence-electron chi connectivity index (χ4n) is 4.06. The molecular weight excluding hydrogens is 306 g/mol. The standard InChI is InChI=1S/C19H25NO4/c1-24-15-8-4-7-14(10-15)16-11-20(12-17(16)19(22)23)18(21)9-13-5-2-3-6-13/h4,7-8,10,13,16-17H,2-3,5-6,9,11-12H2,1H3,(H,22,23)/t16-,17+/m0/s1. The molecule has 0 bridgehead atoms. The Morgan fingerprint density at radius 1 is 1.25 bits per heavy atom. The fourth-order valence-corrected chi connectivity index (χ4v) is 4.06. The number of likely N-dealkylation sites (tertiary alicyclic amines) is 1.